The SMILES string of the molecule is COCCC(C)(C)CNC1CC(N)c2ccccc21. The molecule has 0 saturated heterocycles. The van der Waals surface area contributed by atoms with Crippen molar-refractivity contribution in [3.63, 3.8) is 0 Å². The summed E-state index contributed by atoms with van der Waals surface area (Å²) in [5, 5.41) is 3.68. The van der Waals surface area contributed by atoms with Crippen LogP contribution in [0.4, 0.5) is 0 Å². The van der Waals surface area contributed by atoms with Crippen LogP contribution in [0.25, 0.3) is 0 Å². The molecule has 2 unspecified atom stereocenters. The smallest absolute Gasteiger partial charge is 0.0467 e. The molecular weight excluding hydrogens is 236 g/mol. The molecule has 1 aliphatic rings. The fraction of sp³-hybridized carbons (Fsp3) is 0.625. The monoisotopic (exact) mass is 262 g/mol. The predicted octanol–water partition coefficient (Wildman–Crippen LogP) is 2.78. The summed E-state index contributed by atoms with van der Waals surface area (Å²) >= 11 is 0. The second-order valence-corrected chi connectivity index (χ2v) is 6.31. The Labute approximate surface area is 116 Å². The number of hydrogen-bond acceptors (Lipinski definition) is 3. The van der Waals surface area contributed by atoms with E-state index >= 15 is 0 Å². The van der Waals surface area contributed by atoms with Crippen molar-refractivity contribution in [3.8, 4) is 0 Å². The van der Waals surface area contributed by atoms with Crippen molar-refractivity contribution in [1.29, 1.82) is 0 Å². The number of hydrogen-bond donors (Lipinski definition) is 2. The van der Waals surface area contributed by atoms with Gasteiger partial charge in [-0.2, -0.15) is 0 Å². The normalized spacial score (nSPS) is 22.5. The van der Waals surface area contributed by atoms with Crippen LogP contribution in [0.3, 0.4) is 0 Å². The summed E-state index contributed by atoms with van der Waals surface area (Å²) in [5.41, 5.74) is 9.12. The number of nitrogens with two attached hydrogens (primary N) is 1. The molecule has 0 amide bonds. The quantitative estimate of drug-likeness (QED) is 0.828. The molecule has 106 valence electrons. The molecular formula is C16H26N2O. The molecule has 2 atom stereocenters. The fourth-order valence-corrected chi connectivity index (χ4v) is 2.73. The molecule has 3 heteroatoms. The van der Waals surface area contributed by atoms with E-state index in [1.165, 1.54) is 11.1 Å². The fourth-order valence-electron chi connectivity index (χ4n) is 2.73. The van der Waals surface area contributed by atoms with Crippen LogP contribution >= 0.6 is 0 Å². The van der Waals surface area contributed by atoms with Gasteiger partial charge in [-0.05, 0) is 29.4 Å². The van der Waals surface area contributed by atoms with E-state index in [0.29, 0.717) is 6.04 Å². The number of ether oxygens (including phenoxy) is 1. The molecule has 0 aliphatic heterocycles. The lowest BCUT2D eigenvalue weighted by atomic mass is 9.89. The predicted molar refractivity (Wildman–Crippen MR) is 79.0 cm³/mol. The van der Waals surface area contributed by atoms with E-state index in [-0.39, 0.29) is 11.5 Å². The average molecular weight is 262 g/mol. The third-order valence-electron chi connectivity index (χ3n) is 4.07. The molecule has 3 nitrogen and oxygen atoms in total. The van der Waals surface area contributed by atoms with Gasteiger partial charge < -0.3 is 15.8 Å². The molecule has 0 heterocycles. The van der Waals surface area contributed by atoms with E-state index in [0.717, 1.165) is 26.0 Å². The minimum atomic E-state index is 0.177. The maximum atomic E-state index is 6.20. The van der Waals surface area contributed by atoms with Crippen LogP contribution in [0.5, 0.6) is 0 Å². The lowest BCUT2D eigenvalue weighted by Crippen LogP contribution is -2.32. The highest BCUT2D eigenvalue weighted by molar-refractivity contribution is 5.37. The zero-order valence-electron chi connectivity index (χ0n) is 12.3. The van der Waals surface area contributed by atoms with Gasteiger partial charge in [0, 0.05) is 32.3 Å². The number of fused-ring (bicyclic) bond motifs is 1. The van der Waals surface area contributed by atoms with Gasteiger partial charge in [-0.1, -0.05) is 38.1 Å². The molecule has 0 bridgehead atoms. The van der Waals surface area contributed by atoms with Gasteiger partial charge in [0.25, 0.3) is 0 Å². The van der Waals surface area contributed by atoms with Crippen molar-refractivity contribution in [1.82, 2.24) is 5.32 Å². The zero-order chi connectivity index (χ0) is 13.9. The van der Waals surface area contributed by atoms with Gasteiger partial charge in [0.1, 0.15) is 0 Å². The van der Waals surface area contributed by atoms with Crippen molar-refractivity contribution >= 4 is 0 Å². The first kappa shape index (κ1) is 14.5. The van der Waals surface area contributed by atoms with Gasteiger partial charge in [-0.25, -0.2) is 0 Å². The highest BCUT2D eigenvalue weighted by Gasteiger charge is 2.29. The van der Waals surface area contributed by atoms with Gasteiger partial charge in [-0.15, -0.1) is 0 Å². The summed E-state index contributed by atoms with van der Waals surface area (Å²) in [5.74, 6) is 0. The second kappa shape index (κ2) is 6.04. The minimum Gasteiger partial charge on any atom is -0.385 e. The van der Waals surface area contributed by atoms with Crippen molar-refractivity contribution in [3.05, 3.63) is 35.4 Å². The van der Waals surface area contributed by atoms with Crippen molar-refractivity contribution < 1.29 is 4.74 Å². The summed E-state index contributed by atoms with van der Waals surface area (Å²) in [6.07, 6.45) is 2.07. The van der Waals surface area contributed by atoms with Crippen LogP contribution in [-0.2, 0) is 4.74 Å². The molecule has 0 radical (unpaired) electrons. The number of nitrogens with one attached hydrogen (secondary N) is 1. The average Bonchev–Trinajstić information content (AvgIpc) is 2.72. The molecule has 2 rings (SSSR count). The third kappa shape index (κ3) is 3.56. The first-order valence-corrected chi connectivity index (χ1v) is 7.10. The summed E-state index contributed by atoms with van der Waals surface area (Å²) < 4.78 is 5.18. The zero-order valence-corrected chi connectivity index (χ0v) is 12.3. The molecule has 1 aromatic rings. The van der Waals surface area contributed by atoms with Crippen molar-refractivity contribution in [2.75, 3.05) is 20.3 Å². The number of methoxy groups -OCH3 is 1. The molecule has 19 heavy (non-hydrogen) atoms. The van der Waals surface area contributed by atoms with Crippen LogP contribution < -0.4 is 11.1 Å². The van der Waals surface area contributed by atoms with E-state index in [2.05, 4.69) is 43.4 Å². The first-order chi connectivity index (χ1) is 9.03. The summed E-state index contributed by atoms with van der Waals surface area (Å²) in [6, 6.07) is 9.09. The molecule has 3 N–H and O–H groups in total. The maximum absolute atomic E-state index is 6.20. The minimum absolute atomic E-state index is 0.177. The Balaban J connectivity index is 1.95. The van der Waals surface area contributed by atoms with E-state index in [9.17, 15) is 0 Å². The largest absolute Gasteiger partial charge is 0.385 e. The van der Waals surface area contributed by atoms with Gasteiger partial charge >= 0.3 is 0 Å². The topological polar surface area (TPSA) is 47.3 Å². The highest BCUT2D eigenvalue weighted by Crippen LogP contribution is 2.37. The van der Waals surface area contributed by atoms with E-state index < -0.39 is 0 Å². The van der Waals surface area contributed by atoms with Crippen molar-refractivity contribution in [2.45, 2.75) is 38.8 Å². The Morgan fingerprint density at radius 3 is 2.68 bits per heavy atom. The first-order valence-electron chi connectivity index (χ1n) is 7.10. The molecule has 0 spiro atoms. The van der Waals surface area contributed by atoms with Crippen LogP contribution in [-0.4, -0.2) is 20.3 Å². The molecule has 1 aliphatic carbocycles. The highest BCUT2D eigenvalue weighted by atomic mass is 16.5. The second-order valence-electron chi connectivity index (χ2n) is 6.31. The Morgan fingerprint density at radius 2 is 2.00 bits per heavy atom. The molecule has 1 aromatic carbocycles. The van der Waals surface area contributed by atoms with E-state index in [4.69, 9.17) is 10.5 Å². The van der Waals surface area contributed by atoms with E-state index in [1.54, 1.807) is 7.11 Å². The Bertz CT molecular complexity index is 417. The van der Waals surface area contributed by atoms with Crippen LogP contribution in [0.1, 0.15) is 49.9 Å². The molecule has 0 saturated carbocycles. The van der Waals surface area contributed by atoms with Crippen molar-refractivity contribution in [2.24, 2.45) is 11.1 Å². The summed E-state index contributed by atoms with van der Waals surface area (Å²) in [7, 11) is 1.76. The van der Waals surface area contributed by atoms with Crippen LogP contribution in [0, 0.1) is 5.41 Å². The van der Waals surface area contributed by atoms with Gasteiger partial charge in [0.15, 0.2) is 0 Å². The lowest BCUT2D eigenvalue weighted by molar-refractivity contribution is 0.148. The summed E-state index contributed by atoms with van der Waals surface area (Å²) in [4.78, 5) is 0. The van der Waals surface area contributed by atoms with Gasteiger partial charge in [-0.3, -0.25) is 0 Å². The Hall–Kier alpha value is -0.900. The van der Waals surface area contributed by atoms with E-state index in [1.807, 2.05) is 0 Å². The Morgan fingerprint density at radius 1 is 1.32 bits per heavy atom. The molecule has 0 aromatic heterocycles. The van der Waals surface area contributed by atoms with Gasteiger partial charge in [0.05, 0.1) is 0 Å². The Kier molecular flexibility index (Phi) is 4.61. The standard InChI is InChI=1S/C16H26N2O/c1-16(2,8-9-19-3)11-18-15-10-14(17)12-6-4-5-7-13(12)15/h4-7,14-15,18H,8-11,17H2,1-3H3. The molecule has 0 fully saturated rings. The maximum Gasteiger partial charge on any atom is 0.0467 e. The van der Waals surface area contributed by atoms with Crippen LogP contribution in [0.2, 0.25) is 0 Å². The lowest BCUT2D eigenvalue weighted by Gasteiger charge is -2.27. The van der Waals surface area contributed by atoms with Crippen LogP contribution in [0.15, 0.2) is 24.3 Å². The summed E-state index contributed by atoms with van der Waals surface area (Å²) in [6.45, 7) is 6.36. The number of benzene rings is 1. The third-order valence-corrected chi connectivity index (χ3v) is 4.07. The number of rotatable bonds is 6. The van der Waals surface area contributed by atoms with Gasteiger partial charge in [0.2, 0.25) is 0 Å².